The smallest absolute Gasteiger partial charge is 0.280 e. The van der Waals surface area contributed by atoms with Crippen LogP contribution in [0.5, 0.6) is 0 Å². The molecule has 2 N–H and O–H groups in total. The SMILES string of the molecule is CC/C(C)=N\NC(=O)c1cccc(S(=O)(=O)Nc2cccc(C(F)(F)F)c2)c1. The van der Waals surface area contributed by atoms with Crippen LogP contribution in [0.3, 0.4) is 0 Å². The summed E-state index contributed by atoms with van der Waals surface area (Å²) in [5.74, 6) is -0.607. The van der Waals surface area contributed by atoms with E-state index >= 15 is 0 Å². The highest BCUT2D eigenvalue weighted by Gasteiger charge is 2.30. The van der Waals surface area contributed by atoms with Crippen molar-refractivity contribution in [2.24, 2.45) is 5.10 Å². The summed E-state index contributed by atoms with van der Waals surface area (Å²) in [5.41, 5.74) is 1.81. The molecule has 6 nitrogen and oxygen atoms in total. The van der Waals surface area contributed by atoms with Crippen molar-refractivity contribution in [2.75, 3.05) is 4.72 Å². The Balaban J connectivity index is 2.26. The van der Waals surface area contributed by atoms with Crippen molar-refractivity contribution in [3.63, 3.8) is 0 Å². The zero-order valence-electron chi connectivity index (χ0n) is 15.0. The van der Waals surface area contributed by atoms with E-state index in [-0.39, 0.29) is 16.1 Å². The maximum Gasteiger partial charge on any atom is 0.416 e. The number of sulfonamides is 1. The van der Waals surface area contributed by atoms with Crippen molar-refractivity contribution in [1.82, 2.24) is 5.43 Å². The van der Waals surface area contributed by atoms with Gasteiger partial charge in [0.1, 0.15) is 0 Å². The largest absolute Gasteiger partial charge is 0.416 e. The molecule has 2 aromatic carbocycles. The van der Waals surface area contributed by atoms with E-state index in [2.05, 4.69) is 15.2 Å². The molecule has 0 fully saturated rings. The molecule has 0 aliphatic heterocycles. The molecule has 10 heteroatoms. The quantitative estimate of drug-likeness (QED) is 0.554. The van der Waals surface area contributed by atoms with Crippen LogP contribution in [0.2, 0.25) is 0 Å². The van der Waals surface area contributed by atoms with Gasteiger partial charge in [-0.15, -0.1) is 0 Å². The van der Waals surface area contributed by atoms with E-state index in [1.165, 1.54) is 24.3 Å². The van der Waals surface area contributed by atoms with Gasteiger partial charge in [-0.25, -0.2) is 13.8 Å². The first-order valence-electron chi connectivity index (χ1n) is 8.16. The normalized spacial score (nSPS) is 12.5. The Morgan fingerprint density at radius 3 is 2.43 bits per heavy atom. The molecular formula is C18H18F3N3O3S. The monoisotopic (exact) mass is 413 g/mol. The van der Waals surface area contributed by atoms with Crippen LogP contribution < -0.4 is 10.1 Å². The predicted octanol–water partition coefficient (Wildman–Crippen LogP) is 4.02. The number of anilines is 1. The first kappa shape index (κ1) is 21.4. The maximum absolute atomic E-state index is 12.8. The second-order valence-corrected chi connectivity index (χ2v) is 7.54. The van der Waals surface area contributed by atoms with Gasteiger partial charge in [-0.3, -0.25) is 9.52 Å². The van der Waals surface area contributed by atoms with Crippen LogP contribution in [0.15, 0.2) is 58.5 Å². The Morgan fingerprint density at radius 2 is 1.79 bits per heavy atom. The van der Waals surface area contributed by atoms with Gasteiger partial charge in [-0.05, 0) is 49.7 Å². The van der Waals surface area contributed by atoms with E-state index in [1.54, 1.807) is 6.92 Å². The Hall–Kier alpha value is -2.88. The highest BCUT2D eigenvalue weighted by atomic mass is 32.2. The first-order chi connectivity index (χ1) is 13.0. The van der Waals surface area contributed by atoms with Crippen LogP contribution in [0.1, 0.15) is 36.2 Å². The first-order valence-corrected chi connectivity index (χ1v) is 9.65. The van der Waals surface area contributed by atoms with E-state index in [9.17, 15) is 26.4 Å². The van der Waals surface area contributed by atoms with Crippen molar-refractivity contribution < 1.29 is 26.4 Å². The van der Waals surface area contributed by atoms with E-state index < -0.39 is 27.7 Å². The van der Waals surface area contributed by atoms with Crippen LogP contribution in [0, 0.1) is 0 Å². The molecule has 0 unspecified atom stereocenters. The lowest BCUT2D eigenvalue weighted by atomic mass is 10.2. The molecule has 0 spiro atoms. The molecule has 1 amide bonds. The molecule has 0 saturated heterocycles. The average molecular weight is 413 g/mol. The number of amides is 1. The summed E-state index contributed by atoms with van der Waals surface area (Å²) in [6.07, 6.45) is -3.97. The molecule has 28 heavy (non-hydrogen) atoms. The number of nitrogens with zero attached hydrogens (tertiary/aromatic N) is 1. The number of hydrazone groups is 1. The molecule has 0 heterocycles. The number of alkyl halides is 3. The van der Waals surface area contributed by atoms with Crippen molar-refractivity contribution in [3.8, 4) is 0 Å². The van der Waals surface area contributed by atoms with Crippen LogP contribution in [0.25, 0.3) is 0 Å². The summed E-state index contributed by atoms with van der Waals surface area (Å²) in [6, 6.07) is 8.92. The van der Waals surface area contributed by atoms with Crippen LogP contribution in [-0.4, -0.2) is 20.0 Å². The number of benzene rings is 2. The molecule has 0 saturated carbocycles. The molecule has 2 aromatic rings. The number of carbonyl (C=O) groups excluding carboxylic acids is 1. The Morgan fingerprint density at radius 1 is 1.11 bits per heavy atom. The minimum atomic E-state index is -4.60. The lowest BCUT2D eigenvalue weighted by Gasteiger charge is -2.12. The van der Waals surface area contributed by atoms with Gasteiger partial charge in [-0.1, -0.05) is 19.1 Å². The average Bonchev–Trinajstić information content (AvgIpc) is 2.65. The second-order valence-electron chi connectivity index (χ2n) is 5.85. The second kappa shape index (κ2) is 8.42. The lowest BCUT2D eigenvalue weighted by molar-refractivity contribution is -0.137. The minimum Gasteiger partial charge on any atom is -0.280 e. The fraction of sp³-hybridized carbons (Fsp3) is 0.222. The van der Waals surface area contributed by atoms with E-state index in [0.29, 0.717) is 18.2 Å². The van der Waals surface area contributed by atoms with E-state index in [1.807, 2.05) is 6.92 Å². The third-order valence-electron chi connectivity index (χ3n) is 3.71. The minimum absolute atomic E-state index is 0.0413. The van der Waals surface area contributed by atoms with Gasteiger partial charge in [0.05, 0.1) is 10.5 Å². The Bertz CT molecular complexity index is 1000. The molecule has 0 atom stereocenters. The summed E-state index contributed by atoms with van der Waals surface area (Å²) in [6.45, 7) is 3.58. The van der Waals surface area contributed by atoms with Crippen LogP contribution >= 0.6 is 0 Å². The molecule has 0 aliphatic carbocycles. The van der Waals surface area contributed by atoms with Gasteiger partial charge in [0.15, 0.2) is 0 Å². The fourth-order valence-corrected chi connectivity index (χ4v) is 3.16. The van der Waals surface area contributed by atoms with Gasteiger partial charge in [0.2, 0.25) is 0 Å². The number of carbonyl (C=O) groups is 1. The summed E-state index contributed by atoms with van der Waals surface area (Å²) < 4.78 is 65.4. The summed E-state index contributed by atoms with van der Waals surface area (Å²) in [7, 11) is -4.20. The number of rotatable bonds is 6. The number of hydrogen-bond donors (Lipinski definition) is 2. The van der Waals surface area contributed by atoms with E-state index in [0.717, 1.165) is 18.2 Å². The maximum atomic E-state index is 12.8. The van der Waals surface area contributed by atoms with Crippen molar-refractivity contribution >= 4 is 27.3 Å². The predicted molar refractivity (Wildman–Crippen MR) is 99.6 cm³/mol. The topological polar surface area (TPSA) is 87.6 Å². The molecule has 0 radical (unpaired) electrons. The standard InChI is InChI=1S/C18H18F3N3O3S/c1-3-12(2)22-23-17(25)13-6-4-9-16(10-13)28(26,27)24-15-8-5-7-14(11-15)18(19,20)21/h4-11,24H,3H2,1-2H3,(H,23,25)/b22-12-. The van der Waals surface area contributed by atoms with Crippen LogP contribution in [-0.2, 0) is 16.2 Å². The third kappa shape index (κ3) is 5.56. The summed E-state index contributed by atoms with van der Waals surface area (Å²) >= 11 is 0. The van der Waals surface area contributed by atoms with Gasteiger partial charge in [0, 0.05) is 17.0 Å². The number of halogens is 3. The van der Waals surface area contributed by atoms with Crippen molar-refractivity contribution in [2.45, 2.75) is 31.3 Å². The number of nitrogens with one attached hydrogen (secondary N) is 2. The van der Waals surface area contributed by atoms with Crippen LogP contribution in [0.4, 0.5) is 18.9 Å². The highest BCUT2D eigenvalue weighted by molar-refractivity contribution is 7.92. The Kier molecular flexibility index (Phi) is 6.45. The molecule has 0 aromatic heterocycles. The Labute approximate surface area is 160 Å². The molecular weight excluding hydrogens is 395 g/mol. The number of hydrogen-bond acceptors (Lipinski definition) is 4. The molecule has 2 rings (SSSR count). The molecule has 0 aliphatic rings. The zero-order chi connectivity index (χ0) is 20.9. The zero-order valence-corrected chi connectivity index (χ0v) is 15.9. The highest BCUT2D eigenvalue weighted by Crippen LogP contribution is 2.31. The van der Waals surface area contributed by atoms with E-state index in [4.69, 9.17) is 0 Å². The van der Waals surface area contributed by atoms with Gasteiger partial charge in [-0.2, -0.15) is 18.3 Å². The summed E-state index contributed by atoms with van der Waals surface area (Å²) in [4.78, 5) is 11.8. The molecule has 150 valence electrons. The van der Waals surface area contributed by atoms with Crippen molar-refractivity contribution in [1.29, 1.82) is 0 Å². The van der Waals surface area contributed by atoms with Gasteiger partial charge < -0.3 is 0 Å². The fourth-order valence-electron chi connectivity index (χ4n) is 2.07. The van der Waals surface area contributed by atoms with Gasteiger partial charge >= 0.3 is 6.18 Å². The van der Waals surface area contributed by atoms with Gasteiger partial charge in [0.25, 0.3) is 15.9 Å². The summed E-state index contributed by atoms with van der Waals surface area (Å²) in [5, 5.41) is 3.86. The van der Waals surface area contributed by atoms with Crippen molar-refractivity contribution in [3.05, 3.63) is 59.7 Å². The lowest BCUT2D eigenvalue weighted by Crippen LogP contribution is -2.20. The third-order valence-corrected chi connectivity index (χ3v) is 5.09. The molecule has 0 bridgehead atoms.